The Morgan fingerprint density at radius 1 is 1.43 bits per heavy atom. The minimum Gasteiger partial charge on any atom is -0.493 e. The highest BCUT2D eigenvalue weighted by molar-refractivity contribution is 5.38. The van der Waals surface area contributed by atoms with E-state index in [1.165, 1.54) is 7.11 Å². The highest BCUT2D eigenvalue weighted by Crippen LogP contribution is 2.30. The first kappa shape index (κ1) is 10.9. The summed E-state index contributed by atoms with van der Waals surface area (Å²) in [7, 11) is 1.20. The summed E-state index contributed by atoms with van der Waals surface area (Å²) in [6, 6.07) is 1.85. The Labute approximate surface area is 80.1 Å². The number of benzene rings is 1. The van der Waals surface area contributed by atoms with Crippen LogP contribution in [-0.2, 0) is 0 Å². The van der Waals surface area contributed by atoms with E-state index in [0.29, 0.717) is 0 Å². The second kappa shape index (κ2) is 4.34. The molecule has 0 radical (unpaired) electrons. The lowest BCUT2D eigenvalue weighted by atomic mass is 10.1. The van der Waals surface area contributed by atoms with Gasteiger partial charge >= 0.3 is 0 Å². The van der Waals surface area contributed by atoms with Crippen molar-refractivity contribution in [1.29, 1.82) is 0 Å². The number of aliphatic hydroxyl groups excluding tert-OH is 1. The van der Waals surface area contributed by atoms with Crippen LogP contribution in [0.15, 0.2) is 12.1 Å². The van der Waals surface area contributed by atoms with Gasteiger partial charge in [0.1, 0.15) is 5.82 Å². The highest BCUT2D eigenvalue weighted by Gasteiger charge is 2.20. The number of rotatable bonds is 3. The number of halogens is 2. The minimum atomic E-state index is -1.26. The van der Waals surface area contributed by atoms with E-state index >= 15 is 0 Å². The van der Waals surface area contributed by atoms with E-state index in [0.717, 1.165) is 12.1 Å². The molecule has 0 bridgehead atoms. The molecular formula is C9H11F2NO2. The Morgan fingerprint density at radius 3 is 2.50 bits per heavy atom. The smallest absolute Gasteiger partial charge is 0.165 e. The van der Waals surface area contributed by atoms with Crippen molar-refractivity contribution in [2.45, 2.75) is 6.10 Å². The maximum Gasteiger partial charge on any atom is 0.165 e. The van der Waals surface area contributed by atoms with Gasteiger partial charge in [-0.2, -0.15) is 0 Å². The Kier molecular flexibility index (Phi) is 3.38. The monoisotopic (exact) mass is 203 g/mol. The van der Waals surface area contributed by atoms with Gasteiger partial charge in [-0.1, -0.05) is 0 Å². The van der Waals surface area contributed by atoms with Crippen LogP contribution in [0.2, 0.25) is 0 Å². The van der Waals surface area contributed by atoms with Crippen LogP contribution in [0, 0.1) is 11.6 Å². The van der Waals surface area contributed by atoms with Gasteiger partial charge in [-0.3, -0.25) is 0 Å². The maximum atomic E-state index is 13.2. The lowest BCUT2D eigenvalue weighted by molar-refractivity contribution is 0.175. The molecule has 1 unspecified atom stereocenters. The first-order valence-electron chi connectivity index (χ1n) is 4.01. The van der Waals surface area contributed by atoms with Gasteiger partial charge in [0.25, 0.3) is 0 Å². The van der Waals surface area contributed by atoms with Crippen molar-refractivity contribution in [1.82, 2.24) is 0 Å². The van der Waals surface area contributed by atoms with Crippen LogP contribution in [0.4, 0.5) is 8.78 Å². The maximum absolute atomic E-state index is 13.2. The number of hydrogen-bond donors (Lipinski definition) is 2. The molecule has 14 heavy (non-hydrogen) atoms. The SMILES string of the molecule is COc1c(F)ccc(F)c1C(O)CN. The third kappa shape index (κ3) is 1.83. The fraction of sp³-hybridized carbons (Fsp3) is 0.333. The van der Waals surface area contributed by atoms with Crippen LogP contribution in [0.25, 0.3) is 0 Å². The zero-order chi connectivity index (χ0) is 10.7. The Morgan fingerprint density at radius 2 is 2.00 bits per heavy atom. The van der Waals surface area contributed by atoms with Gasteiger partial charge in [-0.25, -0.2) is 8.78 Å². The summed E-state index contributed by atoms with van der Waals surface area (Å²) in [5.74, 6) is -1.76. The number of methoxy groups -OCH3 is 1. The standard InChI is InChI=1S/C9H11F2NO2/c1-14-9-6(11)3-2-5(10)8(9)7(13)4-12/h2-3,7,13H,4,12H2,1H3. The first-order valence-corrected chi connectivity index (χ1v) is 4.01. The molecule has 1 aromatic rings. The average Bonchev–Trinajstić information content (AvgIpc) is 2.19. The van der Waals surface area contributed by atoms with E-state index in [1.54, 1.807) is 0 Å². The third-order valence-corrected chi connectivity index (χ3v) is 1.86. The number of aliphatic hydroxyl groups is 1. The van der Waals surface area contributed by atoms with Gasteiger partial charge in [0.15, 0.2) is 11.6 Å². The van der Waals surface area contributed by atoms with Crippen molar-refractivity contribution in [3.63, 3.8) is 0 Å². The van der Waals surface area contributed by atoms with Gasteiger partial charge in [0, 0.05) is 6.54 Å². The predicted molar refractivity (Wildman–Crippen MR) is 46.9 cm³/mol. The topological polar surface area (TPSA) is 55.5 Å². The van der Waals surface area contributed by atoms with Gasteiger partial charge in [0.05, 0.1) is 18.8 Å². The van der Waals surface area contributed by atoms with E-state index in [4.69, 9.17) is 5.73 Å². The van der Waals surface area contributed by atoms with E-state index in [9.17, 15) is 13.9 Å². The molecule has 0 fully saturated rings. The van der Waals surface area contributed by atoms with Crippen molar-refractivity contribution in [3.05, 3.63) is 29.3 Å². The van der Waals surface area contributed by atoms with Crippen molar-refractivity contribution in [2.24, 2.45) is 5.73 Å². The summed E-state index contributed by atoms with van der Waals surface area (Å²) in [6.07, 6.45) is -1.26. The Hall–Kier alpha value is -1.20. The zero-order valence-corrected chi connectivity index (χ0v) is 7.63. The molecule has 0 saturated carbocycles. The third-order valence-electron chi connectivity index (χ3n) is 1.86. The van der Waals surface area contributed by atoms with Crippen LogP contribution in [0.1, 0.15) is 11.7 Å². The predicted octanol–water partition coefficient (Wildman–Crippen LogP) is 0.966. The Balaban J connectivity index is 3.29. The lowest BCUT2D eigenvalue weighted by Crippen LogP contribution is -2.14. The molecule has 0 spiro atoms. The average molecular weight is 203 g/mol. The molecule has 0 aromatic heterocycles. The molecular weight excluding hydrogens is 192 g/mol. The summed E-state index contributed by atoms with van der Waals surface area (Å²) < 4.78 is 30.9. The molecule has 1 atom stereocenters. The van der Waals surface area contributed by atoms with Crippen molar-refractivity contribution in [3.8, 4) is 5.75 Å². The molecule has 0 heterocycles. The summed E-state index contributed by atoms with van der Waals surface area (Å²) in [5, 5.41) is 9.33. The van der Waals surface area contributed by atoms with Crippen LogP contribution in [-0.4, -0.2) is 18.8 Å². The summed E-state index contributed by atoms with van der Waals surface area (Å²) in [5.41, 5.74) is 4.91. The molecule has 78 valence electrons. The molecule has 0 aliphatic heterocycles. The van der Waals surface area contributed by atoms with Crippen LogP contribution >= 0.6 is 0 Å². The van der Waals surface area contributed by atoms with E-state index in [-0.39, 0.29) is 17.9 Å². The fourth-order valence-electron chi connectivity index (χ4n) is 1.18. The number of ether oxygens (including phenoxy) is 1. The normalized spacial score (nSPS) is 12.6. The second-order valence-electron chi connectivity index (χ2n) is 2.73. The van der Waals surface area contributed by atoms with Crippen LogP contribution < -0.4 is 10.5 Å². The Bertz CT molecular complexity index is 331. The fourth-order valence-corrected chi connectivity index (χ4v) is 1.18. The molecule has 0 aliphatic rings. The summed E-state index contributed by atoms with van der Waals surface area (Å²) >= 11 is 0. The quantitative estimate of drug-likeness (QED) is 0.769. The first-order chi connectivity index (χ1) is 6.61. The van der Waals surface area contributed by atoms with E-state index in [1.807, 2.05) is 0 Å². The molecule has 3 nitrogen and oxygen atoms in total. The molecule has 0 aliphatic carbocycles. The van der Waals surface area contributed by atoms with E-state index in [2.05, 4.69) is 4.74 Å². The van der Waals surface area contributed by atoms with Gasteiger partial charge in [-0.05, 0) is 12.1 Å². The van der Waals surface area contributed by atoms with Crippen molar-refractivity contribution < 1.29 is 18.6 Å². The van der Waals surface area contributed by atoms with Crippen LogP contribution in [0.5, 0.6) is 5.75 Å². The zero-order valence-electron chi connectivity index (χ0n) is 7.63. The second-order valence-corrected chi connectivity index (χ2v) is 2.73. The minimum absolute atomic E-state index is 0.198. The van der Waals surface area contributed by atoms with Crippen molar-refractivity contribution >= 4 is 0 Å². The molecule has 3 N–H and O–H groups in total. The van der Waals surface area contributed by atoms with Gasteiger partial charge < -0.3 is 15.6 Å². The molecule has 5 heteroatoms. The molecule has 1 rings (SSSR count). The largest absolute Gasteiger partial charge is 0.493 e. The van der Waals surface area contributed by atoms with Crippen molar-refractivity contribution in [2.75, 3.05) is 13.7 Å². The van der Waals surface area contributed by atoms with Crippen LogP contribution in [0.3, 0.4) is 0 Å². The molecule has 0 amide bonds. The lowest BCUT2D eigenvalue weighted by Gasteiger charge is -2.14. The number of hydrogen-bond acceptors (Lipinski definition) is 3. The molecule has 1 aromatic carbocycles. The van der Waals surface area contributed by atoms with Gasteiger partial charge in [0.2, 0.25) is 0 Å². The van der Waals surface area contributed by atoms with E-state index < -0.39 is 17.7 Å². The van der Waals surface area contributed by atoms with Gasteiger partial charge in [-0.15, -0.1) is 0 Å². The number of nitrogens with two attached hydrogens (primary N) is 1. The summed E-state index contributed by atoms with van der Waals surface area (Å²) in [4.78, 5) is 0. The highest BCUT2D eigenvalue weighted by atomic mass is 19.1. The summed E-state index contributed by atoms with van der Waals surface area (Å²) in [6.45, 7) is -0.198. The molecule has 0 saturated heterocycles.